The predicted molar refractivity (Wildman–Crippen MR) is 116 cm³/mol. The third-order valence-corrected chi connectivity index (χ3v) is 4.94. The smallest absolute Gasteiger partial charge is 0.272 e. The van der Waals surface area contributed by atoms with E-state index in [9.17, 15) is 23.1 Å². The lowest BCUT2D eigenvalue weighted by atomic mass is 10.0. The summed E-state index contributed by atoms with van der Waals surface area (Å²) in [6, 6.07) is 14.7. The number of fused-ring (bicyclic) bond motifs is 3. The number of hydrogen-bond acceptors (Lipinski definition) is 5. The summed E-state index contributed by atoms with van der Waals surface area (Å²) in [5, 5.41) is 11.0. The highest BCUT2D eigenvalue weighted by molar-refractivity contribution is 7.92. The number of rotatable bonds is 4. The van der Waals surface area contributed by atoms with Crippen molar-refractivity contribution in [3.05, 3.63) is 65.1 Å². The average Bonchev–Trinajstić information content (AvgIpc) is 3.18. The topological polar surface area (TPSA) is 135 Å². The van der Waals surface area contributed by atoms with Crippen LogP contribution < -0.4 is 15.4 Å². The largest absolute Gasteiger partial charge is 0.550 e. The van der Waals surface area contributed by atoms with E-state index in [1.165, 1.54) is 6.92 Å². The summed E-state index contributed by atoms with van der Waals surface area (Å²) in [6.45, 7) is 1.54. The molecule has 0 bridgehead atoms. The molecule has 0 unspecified atom stereocenters. The molecule has 156 valence electrons. The molecule has 0 spiro atoms. The van der Waals surface area contributed by atoms with E-state index in [0.29, 0.717) is 11.2 Å². The molecule has 30 heavy (non-hydrogen) atoms. The van der Waals surface area contributed by atoms with Gasteiger partial charge in [-0.05, 0) is 36.2 Å². The van der Waals surface area contributed by atoms with Crippen LogP contribution in [0.2, 0.25) is 0 Å². The van der Waals surface area contributed by atoms with E-state index in [-0.39, 0.29) is 12.0 Å². The predicted octanol–water partition coefficient (Wildman–Crippen LogP) is 2.19. The highest BCUT2D eigenvalue weighted by Crippen LogP contribution is 2.32. The van der Waals surface area contributed by atoms with Crippen molar-refractivity contribution in [1.29, 1.82) is 0 Å². The molecule has 0 saturated heterocycles. The first-order valence-electron chi connectivity index (χ1n) is 9.09. The van der Waals surface area contributed by atoms with Crippen molar-refractivity contribution in [1.82, 2.24) is 9.97 Å². The second-order valence-corrected chi connectivity index (χ2v) is 8.37. The normalized spacial score (nSPS) is 11.1. The summed E-state index contributed by atoms with van der Waals surface area (Å²) in [4.78, 5) is 27.1. The van der Waals surface area contributed by atoms with Gasteiger partial charge in [0.1, 0.15) is 5.52 Å². The number of aromatic amines is 2. The van der Waals surface area contributed by atoms with Gasteiger partial charge in [0.2, 0.25) is 10.0 Å². The first kappa shape index (κ1) is 21.1. The molecule has 0 fully saturated rings. The highest BCUT2D eigenvalue weighted by Gasteiger charge is 2.11. The van der Waals surface area contributed by atoms with Crippen LogP contribution in [0.5, 0.6) is 0 Å². The number of pyridine rings is 1. The summed E-state index contributed by atoms with van der Waals surface area (Å²) in [6.07, 6.45) is 2.96. The Kier molecular flexibility index (Phi) is 5.93. The SMILES string of the molecule is CCC(=O)[O-].CS(=O)(=O)Nc1ccccc1-c1ccc2[nH]c(=O)c3[nH]ccc3c2c1. The molecule has 0 amide bonds. The monoisotopic (exact) mass is 426 g/mol. The van der Waals surface area contributed by atoms with Crippen LogP contribution >= 0.6 is 0 Å². The van der Waals surface area contributed by atoms with E-state index in [0.717, 1.165) is 33.7 Å². The Balaban J connectivity index is 0.000000461. The fourth-order valence-electron chi connectivity index (χ4n) is 3.03. The lowest BCUT2D eigenvalue weighted by molar-refractivity contribution is -0.305. The van der Waals surface area contributed by atoms with Gasteiger partial charge in [-0.1, -0.05) is 31.2 Å². The lowest BCUT2D eigenvalue weighted by Crippen LogP contribution is -2.19. The van der Waals surface area contributed by atoms with Crippen LogP contribution in [0.4, 0.5) is 5.69 Å². The highest BCUT2D eigenvalue weighted by atomic mass is 32.2. The Bertz CT molecular complexity index is 1390. The molecular formula is C21H20N3O5S-. The molecule has 0 radical (unpaired) electrons. The fraction of sp³-hybridized carbons (Fsp3) is 0.143. The third-order valence-electron chi connectivity index (χ3n) is 4.35. The first-order valence-corrected chi connectivity index (χ1v) is 11.0. The molecule has 2 aromatic heterocycles. The molecule has 8 nitrogen and oxygen atoms in total. The molecule has 4 rings (SSSR count). The van der Waals surface area contributed by atoms with Gasteiger partial charge in [0.15, 0.2) is 0 Å². The molecular weight excluding hydrogens is 406 g/mol. The van der Waals surface area contributed by atoms with Gasteiger partial charge in [-0.25, -0.2) is 8.42 Å². The Labute approximate surface area is 172 Å². The summed E-state index contributed by atoms with van der Waals surface area (Å²) < 4.78 is 25.8. The number of carbonyl (C=O) groups is 1. The molecule has 0 aliphatic carbocycles. The maximum atomic E-state index is 12.1. The summed E-state index contributed by atoms with van der Waals surface area (Å²) in [7, 11) is -3.38. The van der Waals surface area contributed by atoms with Crippen LogP contribution in [0, 0.1) is 0 Å². The number of hydrogen-bond donors (Lipinski definition) is 3. The summed E-state index contributed by atoms with van der Waals surface area (Å²) in [5.41, 5.74) is 3.22. The number of aliphatic carboxylic acids is 1. The first-order chi connectivity index (χ1) is 14.2. The Morgan fingerprint density at radius 3 is 2.47 bits per heavy atom. The van der Waals surface area contributed by atoms with Gasteiger partial charge in [-0.2, -0.15) is 0 Å². The minimum Gasteiger partial charge on any atom is -0.550 e. The number of carboxylic acids is 1. The number of H-pyrrole nitrogens is 2. The fourth-order valence-corrected chi connectivity index (χ4v) is 3.61. The number of sulfonamides is 1. The quantitative estimate of drug-likeness (QED) is 0.460. The second kappa shape index (κ2) is 8.42. The van der Waals surface area contributed by atoms with Crippen molar-refractivity contribution in [3.63, 3.8) is 0 Å². The van der Waals surface area contributed by atoms with E-state index in [2.05, 4.69) is 14.7 Å². The maximum absolute atomic E-state index is 12.1. The van der Waals surface area contributed by atoms with Crippen LogP contribution in [0.15, 0.2) is 59.5 Å². The van der Waals surface area contributed by atoms with Gasteiger partial charge in [0.25, 0.3) is 5.56 Å². The number of anilines is 1. The van der Waals surface area contributed by atoms with Gasteiger partial charge < -0.3 is 19.9 Å². The minimum atomic E-state index is -3.38. The molecule has 0 saturated carbocycles. The van der Waals surface area contributed by atoms with E-state index in [4.69, 9.17) is 0 Å². The molecule has 2 heterocycles. The van der Waals surface area contributed by atoms with Gasteiger partial charge in [0.05, 0.1) is 11.9 Å². The molecule has 0 aliphatic rings. The van der Waals surface area contributed by atoms with Gasteiger partial charge in [0, 0.05) is 34.0 Å². The van der Waals surface area contributed by atoms with E-state index >= 15 is 0 Å². The van der Waals surface area contributed by atoms with Crippen molar-refractivity contribution >= 4 is 43.5 Å². The standard InChI is InChI=1S/C18H15N3O3S.C3H6O2/c1-25(23,24)21-16-5-3-2-4-12(16)11-6-7-15-14(10-11)13-8-9-19-17(13)18(22)20-15;1-2-3(4)5/h2-10,19,21H,1H3,(H,20,22);2H2,1H3,(H,4,5)/p-1. The average molecular weight is 426 g/mol. The van der Waals surface area contributed by atoms with Crippen molar-refractivity contribution in [2.24, 2.45) is 0 Å². The summed E-state index contributed by atoms with van der Waals surface area (Å²) >= 11 is 0. The zero-order chi connectivity index (χ0) is 21.9. The zero-order valence-corrected chi connectivity index (χ0v) is 17.2. The van der Waals surface area contributed by atoms with Crippen LogP contribution in [0.25, 0.3) is 32.9 Å². The molecule has 3 N–H and O–H groups in total. The number of nitrogens with one attached hydrogen (secondary N) is 3. The summed E-state index contributed by atoms with van der Waals surface area (Å²) in [5.74, 6) is -0.995. The third kappa shape index (κ3) is 4.69. The number of aromatic nitrogens is 2. The Morgan fingerprint density at radius 2 is 1.80 bits per heavy atom. The minimum absolute atomic E-state index is 0.111. The van der Waals surface area contributed by atoms with Crippen LogP contribution in [-0.2, 0) is 14.8 Å². The van der Waals surface area contributed by atoms with Gasteiger partial charge in [-0.15, -0.1) is 0 Å². The van der Waals surface area contributed by atoms with Crippen molar-refractivity contribution in [2.75, 3.05) is 11.0 Å². The number of benzene rings is 2. The van der Waals surface area contributed by atoms with Crippen molar-refractivity contribution in [3.8, 4) is 11.1 Å². The van der Waals surface area contributed by atoms with Crippen LogP contribution in [-0.4, -0.2) is 30.6 Å². The molecule has 0 atom stereocenters. The van der Waals surface area contributed by atoms with E-state index in [1.54, 1.807) is 18.3 Å². The Hall–Kier alpha value is -3.59. The number of carbonyl (C=O) groups excluding carboxylic acids is 1. The van der Waals surface area contributed by atoms with Crippen LogP contribution in [0.3, 0.4) is 0 Å². The van der Waals surface area contributed by atoms with Gasteiger partial charge >= 0.3 is 0 Å². The van der Waals surface area contributed by atoms with E-state index in [1.807, 2.05) is 36.4 Å². The zero-order valence-electron chi connectivity index (χ0n) is 16.4. The molecule has 0 aliphatic heterocycles. The second-order valence-electron chi connectivity index (χ2n) is 6.63. The Morgan fingerprint density at radius 1 is 1.10 bits per heavy atom. The number of carboxylic acid groups (broad SMARTS) is 1. The maximum Gasteiger partial charge on any atom is 0.272 e. The molecule has 9 heteroatoms. The van der Waals surface area contributed by atoms with Crippen molar-refractivity contribution < 1.29 is 18.3 Å². The van der Waals surface area contributed by atoms with Gasteiger partial charge in [-0.3, -0.25) is 9.52 Å². The van der Waals surface area contributed by atoms with E-state index < -0.39 is 16.0 Å². The molecule has 2 aromatic carbocycles. The van der Waals surface area contributed by atoms with Crippen molar-refractivity contribution in [2.45, 2.75) is 13.3 Å². The molecule has 4 aromatic rings. The number of para-hydroxylation sites is 1. The lowest BCUT2D eigenvalue weighted by Gasteiger charge is -2.11. The van der Waals surface area contributed by atoms with Crippen LogP contribution in [0.1, 0.15) is 13.3 Å².